The van der Waals surface area contributed by atoms with Crippen molar-refractivity contribution in [2.24, 2.45) is 0 Å². The van der Waals surface area contributed by atoms with Crippen molar-refractivity contribution in [1.29, 1.82) is 0 Å². The summed E-state index contributed by atoms with van der Waals surface area (Å²) in [7, 11) is 3.79. The van der Waals surface area contributed by atoms with Gasteiger partial charge in [0.25, 0.3) is 0 Å². The van der Waals surface area contributed by atoms with E-state index in [0.717, 1.165) is 23.3 Å². The van der Waals surface area contributed by atoms with Gasteiger partial charge in [-0.2, -0.15) is 13.2 Å². The number of rotatable bonds is 5. The standard InChI is InChI=1S/C17H18F3NO2/c1-21(2)10-13-9-12(11-22)3-8-16(13)23-15-6-4-14(5-7-15)17(18,19)20/h3-9,22H,10-11H2,1-2H3. The normalized spacial score (nSPS) is 11.8. The summed E-state index contributed by atoms with van der Waals surface area (Å²) in [6, 6.07) is 9.82. The van der Waals surface area contributed by atoms with Gasteiger partial charge in [0.05, 0.1) is 12.2 Å². The molecule has 0 bridgehead atoms. The first-order valence-electron chi connectivity index (χ1n) is 7.02. The van der Waals surface area contributed by atoms with Crippen LogP contribution < -0.4 is 4.74 Å². The monoisotopic (exact) mass is 325 g/mol. The van der Waals surface area contributed by atoms with Crippen molar-refractivity contribution in [3.63, 3.8) is 0 Å². The van der Waals surface area contributed by atoms with Crippen LogP contribution in [-0.4, -0.2) is 24.1 Å². The topological polar surface area (TPSA) is 32.7 Å². The van der Waals surface area contributed by atoms with Crippen LogP contribution in [0, 0.1) is 0 Å². The molecule has 0 unspecified atom stereocenters. The van der Waals surface area contributed by atoms with Gasteiger partial charge in [0.2, 0.25) is 0 Å². The van der Waals surface area contributed by atoms with Gasteiger partial charge in [0, 0.05) is 12.1 Å². The highest BCUT2D eigenvalue weighted by Crippen LogP contribution is 2.32. The molecule has 3 nitrogen and oxygen atoms in total. The first-order chi connectivity index (χ1) is 10.8. The summed E-state index contributed by atoms with van der Waals surface area (Å²) in [6.45, 7) is 0.505. The third-order valence-corrected chi connectivity index (χ3v) is 3.20. The molecule has 0 saturated heterocycles. The van der Waals surface area contributed by atoms with Crippen LogP contribution in [0.5, 0.6) is 11.5 Å². The summed E-state index contributed by atoms with van der Waals surface area (Å²) >= 11 is 0. The molecule has 124 valence electrons. The molecule has 0 amide bonds. The smallest absolute Gasteiger partial charge is 0.416 e. The number of nitrogens with zero attached hydrogens (tertiary/aromatic N) is 1. The van der Waals surface area contributed by atoms with Crippen LogP contribution in [0.2, 0.25) is 0 Å². The van der Waals surface area contributed by atoms with Crippen LogP contribution in [0.25, 0.3) is 0 Å². The molecule has 23 heavy (non-hydrogen) atoms. The largest absolute Gasteiger partial charge is 0.457 e. The van der Waals surface area contributed by atoms with Gasteiger partial charge in [-0.1, -0.05) is 6.07 Å². The number of aliphatic hydroxyl groups excluding tert-OH is 1. The van der Waals surface area contributed by atoms with Crippen molar-refractivity contribution in [1.82, 2.24) is 4.90 Å². The number of aliphatic hydroxyl groups is 1. The molecule has 2 rings (SSSR count). The summed E-state index contributed by atoms with van der Waals surface area (Å²) in [5.41, 5.74) is 0.886. The molecule has 0 radical (unpaired) electrons. The van der Waals surface area contributed by atoms with E-state index in [1.54, 1.807) is 12.1 Å². The quantitative estimate of drug-likeness (QED) is 0.900. The maximum absolute atomic E-state index is 12.6. The molecule has 0 aliphatic heterocycles. The van der Waals surface area contributed by atoms with Gasteiger partial charge in [-0.25, -0.2) is 0 Å². The van der Waals surface area contributed by atoms with Gasteiger partial charge in [0.15, 0.2) is 0 Å². The summed E-state index contributed by atoms with van der Waals surface area (Å²) in [5, 5.41) is 9.22. The lowest BCUT2D eigenvalue weighted by molar-refractivity contribution is -0.137. The van der Waals surface area contributed by atoms with Crippen LogP contribution in [0.15, 0.2) is 42.5 Å². The van der Waals surface area contributed by atoms with Crippen molar-refractivity contribution in [3.8, 4) is 11.5 Å². The second-order valence-corrected chi connectivity index (χ2v) is 5.46. The fourth-order valence-electron chi connectivity index (χ4n) is 2.13. The van der Waals surface area contributed by atoms with Crippen molar-refractivity contribution >= 4 is 0 Å². The van der Waals surface area contributed by atoms with Crippen molar-refractivity contribution in [2.45, 2.75) is 19.3 Å². The van der Waals surface area contributed by atoms with E-state index in [1.807, 2.05) is 25.1 Å². The van der Waals surface area contributed by atoms with E-state index in [0.29, 0.717) is 18.0 Å². The third-order valence-electron chi connectivity index (χ3n) is 3.20. The molecule has 2 aromatic carbocycles. The van der Waals surface area contributed by atoms with Crippen LogP contribution >= 0.6 is 0 Å². The summed E-state index contributed by atoms with van der Waals surface area (Å²) < 4.78 is 43.4. The van der Waals surface area contributed by atoms with Gasteiger partial charge in [-0.05, 0) is 56.1 Å². The average Bonchev–Trinajstić information content (AvgIpc) is 2.48. The van der Waals surface area contributed by atoms with E-state index in [-0.39, 0.29) is 6.61 Å². The zero-order valence-electron chi connectivity index (χ0n) is 12.9. The van der Waals surface area contributed by atoms with Gasteiger partial charge in [-0.3, -0.25) is 0 Å². The fourth-order valence-corrected chi connectivity index (χ4v) is 2.13. The first kappa shape index (κ1) is 17.3. The average molecular weight is 325 g/mol. The zero-order valence-corrected chi connectivity index (χ0v) is 12.9. The highest BCUT2D eigenvalue weighted by molar-refractivity contribution is 5.41. The van der Waals surface area contributed by atoms with Crippen molar-refractivity contribution in [3.05, 3.63) is 59.2 Å². The Morgan fingerprint density at radius 2 is 1.70 bits per heavy atom. The number of hydrogen-bond donors (Lipinski definition) is 1. The van der Waals surface area contributed by atoms with Crippen molar-refractivity contribution in [2.75, 3.05) is 14.1 Å². The summed E-state index contributed by atoms with van der Waals surface area (Å²) in [6.07, 6.45) is -4.36. The molecule has 0 aromatic heterocycles. The second-order valence-electron chi connectivity index (χ2n) is 5.46. The molecule has 0 fully saturated rings. The molecule has 0 spiro atoms. The number of halogens is 3. The second kappa shape index (κ2) is 7.02. The lowest BCUT2D eigenvalue weighted by atomic mass is 10.1. The predicted octanol–water partition coefficient (Wildman–Crippen LogP) is 4.05. The van der Waals surface area contributed by atoms with Gasteiger partial charge >= 0.3 is 6.18 Å². The van der Waals surface area contributed by atoms with Crippen LogP contribution in [0.3, 0.4) is 0 Å². The minimum atomic E-state index is -4.36. The van der Waals surface area contributed by atoms with E-state index in [4.69, 9.17) is 4.74 Å². The number of alkyl halides is 3. The Hall–Kier alpha value is -2.05. The maximum atomic E-state index is 12.6. The lowest BCUT2D eigenvalue weighted by Gasteiger charge is -2.16. The van der Waals surface area contributed by atoms with E-state index in [2.05, 4.69) is 0 Å². The first-order valence-corrected chi connectivity index (χ1v) is 7.02. The molecule has 1 N–H and O–H groups in total. The summed E-state index contributed by atoms with van der Waals surface area (Å²) in [4.78, 5) is 1.94. The number of ether oxygens (including phenoxy) is 1. The van der Waals surface area contributed by atoms with Crippen molar-refractivity contribution < 1.29 is 23.0 Å². The van der Waals surface area contributed by atoms with Gasteiger partial charge in [0.1, 0.15) is 11.5 Å². The maximum Gasteiger partial charge on any atom is 0.416 e. The van der Waals surface area contributed by atoms with E-state index in [1.165, 1.54) is 12.1 Å². The van der Waals surface area contributed by atoms with Crippen LogP contribution in [0.4, 0.5) is 13.2 Å². The molecular weight excluding hydrogens is 307 g/mol. The van der Waals surface area contributed by atoms with E-state index < -0.39 is 11.7 Å². The molecule has 0 heterocycles. The Balaban J connectivity index is 2.25. The van der Waals surface area contributed by atoms with Crippen LogP contribution in [0.1, 0.15) is 16.7 Å². The molecule has 0 aliphatic rings. The highest BCUT2D eigenvalue weighted by atomic mass is 19.4. The highest BCUT2D eigenvalue weighted by Gasteiger charge is 2.30. The number of hydrogen-bond acceptors (Lipinski definition) is 3. The molecule has 6 heteroatoms. The Kier molecular flexibility index (Phi) is 5.28. The van der Waals surface area contributed by atoms with E-state index >= 15 is 0 Å². The summed E-state index contributed by atoms with van der Waals surface area (Å²) in [5.74, 6) is 0.880. The van der Waals surface area contributed by atoms with Crippen LogP contribution in [-0.2, 0) is 19.3 Å². The molecule has 0 aliphatic carbocycles. The Morgan fingerprint density at radius 3 is 2.22 bits per heavy atom. The zero-order chi connectivity index (χ0) is 17.0. The SMILES string of the molecule is CN(C)Cc1cc(CO)ccc1Oc1ccc(C(F)(F)F)cc1. The molecular formula is C17H18F3NO2. The van der Waals surface area contributed by atoms with Gasteiger partial charge < -0.3 is 14.7 Å². The molecule has 2 aromatic rings. The molecule has 0 saturated carbocycles. The minimum Gasteiger partial charge on any atom is -0.457 e. The van der Waals surface area contributed by atoms with Gasteiger partial charge in [-0.15, -0.1) is 0 Å². The lowest BCUT2D eigenvalue weighted by Crippen LogP contribution is -2.11. The third kappa shape index (κ3) is 4.71. The predicted molar refractivity (Wildman–Crippen MR) is 81.3 cm³/mol. The number of benzene rings is 2. The van der Waals surface area contributed by atoms with E-state index in [9.17, 15) is 18.3 Å². The minimum absolute atomic E-state index is 0.0824. The Labute approximate surface area is 132 Å². The Bertz CT molecular complexity index is 652. The Morgan fingerprint density at radius 1 is 1.04 bits per heavy atom. The fraction of sp³-hybridized carbons (Fsp3) is 0.294. The molecule has 0 atom stereocenters.